The van der Waals surface area contributed by atoms with Gasteiger partial charge in [0.2, 0.25) is 11.6 Å². The zero-order chi connectivity index (χ0) is 21.4. The maximum Gasteiger partial charge on any atom is 0.256 e. The second-order valence-corrected chi connectivity index (χ2v) is 6.60. The number of benzene rings is 2. The van der Waals surface area contributed by atoms with E-state index in [0.717, 1.165) is 5.56 Å². The minimum absolute atomic E-state index is 0.0670. The Morgan fingerprint density at radius 2 is 1.80 bits per heavy atom. The first kappa shape index (κ1) is 19.2. The van der Waals surface area contributed by atoms with E-state index in [9.17, 15) is 10.1 Å². The molecule has 30 heavy (non-hydrogen) atoms. The Hall–Kier alpha value is -4.12. The van der Waals surface area contributed by atoms with Crippen LogP contribution in [0.5, 0.6) is 23.0 Å². The first-order chi connectivity index (χ1) is 14.5. The number of nitrogens with zero attached hydrogens (tertiary/aromatic N) is 1. The molecular weight excluding hydrogens is 386 g/mol. The fraction of sp³-hybridized carbons (Fsp3) is 0.182. The van der Waals surface area contributed by atoms with Crippen LogP contribution in [0.4, 0.5) is 0 Å². The summed E-state index contributed by atoms with van der Waals surface area (Å²) in [7, 11) is 4.45. The van der Waals surface area contributed by atoms with Gasteiger partial charge in [0.25, 0.3) is 5.56 Å². The first-order valence-corrected chi connectivity index (χ1v) is 9.07. The lowest BCUT2D eigenvalue weighted by atomic mass is 9.83. The summed E-state index contributed by atoms with van der Waals surface area (Å²) in [5, 5.41) is 10.2. The summed E-state index contributed by atoms with van der Waals surface area (Å²) >= 11 is 0. The van der Waals surface area contributed by atoms with Crippen molar-refractivity contribution in [3.8, 4) is 29.1 Å². The average molecular weight is 405 g/mol. The van der Waals surface area contributed by atoms with E-state index in [1.807, 2.05) is 30.3 Å². The summed E-state index contributed by atoms with van der Waals surface area (Å²) in [4.78, 5) is 16.0. The molecular formula is C22H19N3O5. The molecule has 8 heteroatoms. The van der Waals surface area contributed by atoms with Gasteiger partial charge < -0.3 is 29.7 Å². The molecule has 1 atom stereocenters. The van der Waals surface area contributed by atoms with Crippen molar-refractivity contribution in [2.75, 3.05) is 21.3 Å². The van der Waals surface area contributed by atoms with Gasteiger partial charge >= 0.3 is 0 Å². The number of H-pyrrole nitrogens is 1. The average Bonchev–Trinajstić information content (AvgIpc) is 2.77. The van der Waals surface area contributed by atoms with Crippen LogP contribution in [0.3, 0.4) is 0 Å². The molecule has 1 aliphatic rings. The minimum atomic E-state index is -0.689. The van der Waals surface area contributed by atoms with Crippen molar-refractivity contribution >= 4 is 10.9 Å². The maximum atomic E-state index is 13.2. The highest BCUT2D eigenvalue weighted by Crippen LogP contribution is 2.50. The third kappa shape index (κ3) is 2.71. The molecule has 3 N–H and O–H groups in total. The van der Waals surface area contributed by atoms with Crippen molar-refractivity contribution in [3.05, 3.63) is 69.3 Å². The largest absolute Gasteiger partial charge is 0.493 e. The Labute approximate surface area is 172 Å². The number of allylic oxidation sites excluding steroid dienone is 1. The second kappa shape index (κ2) is 7.37. The van der Waals surface area contributed by atoms with Gasteiger partial charge in [-0.2, -0.15) is 5.26 Å². The van der Waals surface area contributed by atoms with E-state index in [2.05, 4.69) is 11.1 Å². The quantitative estimate of drug-likeness (QED) is 0.685. The predicted octanol–water partition coefficient (Wildman–Crippen LogP) is 2.77. The molecule has 1 aromatic heterocycles. The van der Waals surface area contributed by atoms with Crippen molar-refractivity contribution in [3.63, 3.8) is 0 Å². The highest BCUT2D eigenvalue weighted by Gasteiger charge is 2.36. The summed E-state index contributed by atoms with van der Waals surface area (Å²) < 4.78 is 22.3. The van der Waals surface area contributed by atoms with E-state index in [1.54, 1.807) is 6.07 Å². The molecule has 3 aromatic rings. The number of ether oxygens (including phenoxy) is 4. The van der Waals surface area contributed by atoms with Crippen LogP contribution in [0, 0.1) is 11.3 Å². The molecule has 0 spiro atoms. The number of aromatic amines is 1. The molecule has 0 bridgehead atoms. The van der Waals surface area contributed by atoms with Gasteiger partial charge in [0.05, 0.1) is 43.7 Å². The lowest BCUT2D eigenvalue weighted by Crippen LogP contribution is -2.28. The van der Waals surface area contributed by atoms with E-state index in [1.165, 1.54) is 21.3 Å². The second-order valence-electron chi connectivity index (χ2n) is 6.60. The molecule has 0 unspecified atom stereocenters. The summed E-state index contributed by atoms with van der Waals surface area (Å²) in [6, 6.07) is 12.9. The Kier molecular flexibility index (Phi) is 4.72. The number of nitriles is 1. The van der Waals surface area contributed by atoms with Crippen LogP contribution in [0.15, 0.2) is 52.6 Å². The van der Waals surface area contributed by atoms with Crippen molar-refractivity contribution in [1.82, 2.24) is 4.98 Å². The third-order valence-corrected chi connectivity index (χ3v) is 5.10. The van der Waals surface area contributed by atoms with E-state index in [0.29, 0.717) is 28.2 Å². The van der Waals surface area contributed by atoms with E-state index in [4.69, 9.17) is 24.7 Å². The fourth-order valence-corrected chi connectivity index (χ4v) is 3.83. The van der Waals surface area contributed by atoms with Gasteiger partial charge in [-0.3, -0.25) is 4.79 Å². The summed E-state index contributed by atoms with van der Waals surface area (Å²) in [6.07, 6.45) is 0. The van der Waals surface area contributed by atoms with Gasteiger partial charge in [-0.15, -0.1) is 0 Å². The standard InChI is InChI=1S/C22H19N3O5/c1-27-14-9-13-16(20(29-3)18(14)28-2)19-17(22(26)25-13)15(11-7-5-4-6-8-11)12(10-23)21(24)30-19/h4-9,15H,24H2,1-3H3,(H,25,26)/t15-/m0/s1. The van der Waals surface area contributed by atoms with Crippen LogP contribution in [0.2, 0.25) is 0 Å². The van der Waals surface area contributed by atoms with Crippen molar-refractivity contribution in [2.45, 2.75) is 5.92 Å². The molecule has 4 rings (SSSR count). The zero-order valence-electron chi connectivity index (χ0n) is 16.6. The van der Waals surface area contributed by atoms with Crippen molar-refractivity contribution < 1.29 is 18.9 Å². The van der Waals surface area contributed by atoms with Crippen LogP contribution in [-0.2, 0) is 0 Å². The molecule has 0 aliphatic carbocycles. The zero-order valence-corrected chi connectivity index (χ0v) is 16.6. The Balaban J connectivity index is 2.15. The number of methoxy groups -OCH3 is 3. The van der Waals surface area contributed by atoms with Gasteiger partial charge in [0, 0.05) is 6.07 Å². The number of fused-ring (bicyclic) bond motifs is 3. The summed E-state index contributed by atoms with van der Waals surface area (Å²) in [5.41, 5.74) is 7.31. The predicted molar refractivity (Wildman–Crippen MR) is 110 cm³/mol. The number of hydrogen-bond acceptors (Lipinski definition) is 7. The number of hydrogen-bond donors (Lipinski definition) is 2. The Morgan fingerprint density at radius 3 is 2.40 bits per heavy atom. The summed E-state index contributed by atoms with van der Waals surface area (Å²) in [6.45, 7) is 0. The first-order valence-electron chi connectivity index (χ1n) is 9.07. The van der Waals surface area contributed by atoms with Gasteiger partial charge in [0.15, 0.2) is 17.2 Å². The highest BCUT2D eigenvalue weighted by molar-refractivity contribution is 5.97. The summed E-state index contributed by atoms with van der Waals surface area (Å²) in [5.74, 6) is 0.508. The molecule has 152 valence electrons. The van der Waals surface area contributed by atoms with E-state index in [-0.39, 0.29) is 22.8 Å². The molecule has 0 saturated heterocycles. The molecule has 0 saturated carbocycles. The number of pyridine rings is 1. The lowest BCUT2D eigenvalue weighted by Gasteiger charge is -2.27. The molecule has 0 amide bonds. The van der Waals surface area contributed by atoms with Crippen LogP contribution in [0.25, 0.3) is 10.9 Å². The Bertz CT molecular complexity index is 1270. The monoisotopic (exact) mass is 405 g/mol. The van der Waals surface area contributed by atoms with Crippen molar-refractivity contribution in [1.29, 1.82) is 5.26 Å². The fourth-order valence-electron chi connectivity index (χ4n) is 3.83. The number of nitrogens with two attached hydrogens (primary N) is 1. The van der Waals surface area contributed by atoms with Gasteiger partial charge in [-0.1, -0.05) is 30.3 Å². The molecule has 2 aromatic carbocycles. The molecule has 1 aliphatic heterocycles. The van der Waals surface area contributed by atoms with Gasteiger partial charge in [-0.25, -0.2) is 0 Å². The topological polar surface area (TPSA) is 120 Å². The molecule has 2 heterocycles. The van der Waals surface area contributed by atoms with E-state index >= 15 is 0 Å². The molecule has 8 nitrogen and oxygen atoms in total. The third-order valence-electron chi connectivity index (χ3n) is 5.10. The van der Waals surface area contributed by atoms with Crippen molar-refractivity contribution in [2.24, 2.45) is 5.73 Å². The van der Waals surface area contributed by atoms with E-state index < -0.39 is 11.5 Å². The number of nitrogens with one attached hydrogen (secondary N) is 1. The SMILES string of the molecule is COc1cc2[nH]c(=O)c3c(c2c(OC)c1OC)OC(N)=C(C#N)[C@@H]3c1ccccc1. The normalized spacial score (nSPS) is 15.2. The highest BCUT2D eigenvalue weighted by atomic mass is 16.5. The molecule has 0 fully saturated rings. The Morgan fingerprint density at radius 1 is 1.10 bits per heavy atom. The smallest absolute Gasteiger partial charge is 0.256 e. The van der Waals surface area contributed by atoms with Gasteiger partial charge in [-0.05, 0) is 5.56 Å². The van der Waals surface area contributed by atoms with Crippen LogP contribution < -0.4 is 30.2 Å². The minimum Gasteiger partial charge on any atom is -0.493 e. The van der Waals surface area contributed by atoms with Gasteiger partial charge in [0.1, 0.15) is 11.6 Å². The number of rotatable bonds is 4. The molecule has 0 radical (unpaired) electrons. The van der Waals surface area contributed by atoms with Crippen LogP contribution >= 0.6 is 0 Å². The van der Waals surface area contributed by atoms with Crippen LogP contribution in [-0.4, -0.2) is 26.3 Å². The lowest BCUT2D eigenvalue weighted by molar-refractivity contribution is 0.325. The van der Waals surface area contributed by atoms with Crippen LogP contribution in [0.1, 0.15) is 17.0 Å². The maximum absolute atomic E-state index is 13.2. The number of aromatic nitrogens is 1.